The normalized spacial score (nSPS) is 21.8. The molecule has 0 amide bonds. The van der Waals surface area contributed by atoms with Crippen LogP contribution < -0.4 is 0 Å². The van der Waals surface area contributed by atoms with Crippen LogP contribution in [0.25, 0.3) is 0 Å². The number of esters is 1. The number of ether oxygens (including phenoxy) is 1. The van der Waals surface area contributed by atoms with E-state index in [1.807, 2.05) is 0 Å². The second-order valence-electron chi connectivity index (χ2n) is 8.16. The Labute approximate surface area is 178 Å². The Hall–Kier alpha value is -0.640. The van der Waals surface area contributed by atoms with Gasteiger partial charge >= 0.3 is 13.6 Å². The molecule has 6 heteroatoms. The highest BCUT2D eigenvalue weighted by Crippen LogP contribution is 2.53. The average Bonchev–Trinajstić information content (AvgIpc) is 3.11. The molecule has 2 unspecified atom stereocenters. The van der Waals surface area contributed by atoms with Crippen molar-refractivity contribution in [1.29, 1.82) is 0 Å². The average molecular weight is 431 g/mol. The van der Waals surface area contributed by atoms with Crippen LogP contribution in [0.3, 0.4) is 0 Å². The first kappa shape index (κ1) is 26.4. The second-order valence-corrected chi connectivity index (χ2v) is 10.4. The summed E-state index contributed by atoms with van der Waals surface area (Å²) in [6, 6.07) is 0. The smallest absolute Gasteiger partial charge is 0.330 e. The Kier molecular flexibility index (Phi) is 15.5. The number of hydrogen-bond acceptors (Lipinski definition) is 5. The topological polar surface area (TPSA) is 61.8 Å². The van der Waals surface area contributed by atoms with Crippen LogP contribution in [-0.4, -0.2) is 32.5 Å². The molecule has 0 aliphatic carbocycles. The largest absolute Gasteiger partial charge is 0.465 e. The number of carbonyl (C=O) groups excluding carboxylic acids is 1. The molecule has 1 fully saturated rings. The van der Waals surface area contributed by atoms with Crippen molar-refractivity contribution in [1.82, 2.24) is 0 Å². The molecule has 2 atom stereocenters. The fraction of sp³-hybridized carbons (Fsp3) is 0.870. The first-order valence-electron chi connectivity index (χ1n) is 11.7. The van der Waals surface area contributed by atoms with E-state index in [9.17, 15) is 9.36 Å². The summed E-state index contributed by atoms with van der Waals surface area (Å²) in [5, 5.41) is 0. The zero-order valence-corrected chi connectivity index (χ0v) is 19.6. The quantitative estimate of drug-likeness (QED) is 0.101. The summed E-state index contributed by atoms with van der Waals surface area (Å²) in [4.78, 5) is 11.8. The number of hydrogen-bond donors (Lipinski definition) is 0. The van der Waals surface area contributed by atoms with E-state index in [1.54, 1.807) is 0 Å². The van der Waals surface area contributed by atoms with Gasteiger partial charge in [0.1, 0.15) is 0 Å². The third-order valence-corrected chi connectivity index (χ3v) is 7.45. The second kappa shape index (κ2) is 17.1. The van der Waals surface area contributed by atoms with Crippen LogP contribution in [0.2, 0.25) is 0 Å². The first-order valence-corrected chi connectivity index (χ1v) is 13.4. The summed E-state index contributed by atoms with van der Waals surface area (Å²) in [5.41, 5.74) is 0. The van der Waals surface area contributed by atoms with Crippen molar-refractivity contribution in [2.24, 2.45) is 5.92 Å². The van der Waals surface area contributed by atoms with Gasteiger partial charge in [-0.3, -0.25) is 9.36 Å². The van der Waals surface area contributed by atoms with Crippen molar-refractivity contribution in [3.63, 3.8) is 0 Å². The van der Waals surface area contributed by atoms with Crippen LogP contribution in [0.15, 0.2) is 12.2 Å². The van der Waals surface area contributed by atoms with Gasteiger partial charge in [-0.1, -0.05) is 70.4 Å². The number of allylic oxidation sites excluding steroid dienone is 2. The van der Waals surface area contributed by atoms with Gasteiger partial charge < -0.3 is 13.8 Å². The van der Waals surface area contributed by atoms with Crippen LogP contribution >= 0.6 is 7.60 Å². The molecular weight excluding hydrogens is 387 g/mol. The minimum absolute atomic E-state index is 0.0150. The molecule has 1 saturated heterocycles. The molecular formula is C23H43O5P. The molecule has 1 aliphatic rings. The van der Waals surface area contributed by atoms with Crippen LogP contribution in [0.4, 0.5) is 0 Å². The molecule has 0 radical (unpaired) electrons. The van der Waals surface area contributed by atoms with Crippen molar-refractivity contribution in [3.05, 3.63) is 12.2 Å². The highest BCUT2D eigenvalue weighted by atomic mass is 31.2. The maximum atomic E-state index is 11.9. The summed E-state index contributed by atoms with van der Waals surface area (Å²) in [6.07, 6.45) is 21.6. The lowest BCUT2D eigenvalue weighted by molar-refractivity contribution is -0.145. The van der Waals surface area contributed by atoms with Gasteiger partial charge in [0.25, 0.3) is 0 Å². The Balaban J connectivity index is 1.84. The summed E-state index contributed by atoms with van der Waals surface area (Å²) in [7, 11) is -1.53. The van der Waals surface area contributed by atoms with Crippen molar-refractivity contribution < 1.29 is 23.1 Å². The molecule has 170 valence electrons. The molecule has 0 saturated carbocycles. The fourth-order valence-corrected chi connectivity index (χ4v) is 5.13. The maximum absolute atomic E-state index is 11.9. The predicted octanol–water partition coefficient (Wildman–Crippen LogP) is 7.05. The van der Waals surface area contributed by atoms with Gasteiger partial charge in [0.2, 0.25) is 0 Å². The highest BCUT2D eigenvalue weighted by Gasteiger charge is 2.36. The summed E-state index contributed by atoms with van der Waals surface area (Å²) >= 11 is 0. The van der Waals surface area contributed by atoms with E-state index in [4.69, 9.17) is 13.8 Å². The maximum Gasteiger partial charge on any atom is 0.330 e. The van der Waals surface area contributed by atoms with Gasteiger partial charge in [-0.2, -0.15) is 0 Å². The molecule has 0 aromatic rings. The minimum atomic E-state index is -2.92. The molecule has 1 rings (SSSR count). The first-order chi connectivity index (χ1) is 14.1. The van der Waals surface area contributed by atoms with E-state index in [0.717, 1.165) is 12.8 Å². The molecule has 5 nitrogen and oxygen atoms in total. The Morgan fingerprint density at radius 2 is 1.55 bits per heavy atom. The van der Waals surface area contributed by atoms with Gasteiger partial charge in [-0.05, 0) is 32.1 Å². The molecule has 0 bridgehead atoms. The Morgan fingerprint density at radius 1 is 0.966 bits per heavy atom. The van der Waals surface area contributed by atoms with E-state index < -0.39 is 7.60 Å². The lowest BCUT2D eigenvalue weighted by Gasteiger charge is -2.09. The third-order valence-electron chi connectivity index (χ3n) is 5.39. The molecule has 0 aromatic heterocycles. The minimum Gasteiger partial charge on any atom is -0.465 e. The molecule has 29 heavy (non-hydrogen) atoms. The van der Waals surface area contributed by atoms with Crippen molar-refractivity contribution in [2.45, 2.75) is 96.8 Å². The number of carbonyl (C=O) groups is 1. The predicted molar refractivity (Wildman–Crippen MR) is 119 cm³/mol. The van der Waals surface area contributed by atoms with E-state index in [2.05, 4.69) is 19.1 Å². The molecule has 0 aromatic carbocycles. The Morgan fingerprint density at radius 3 is 2.14 bits per heavy atom. The van der Waals surface area contributed by atoms with E-state index >= 15 is 0 Å². The number of rotatable bonds is 18. The third kappa shape index (κ3) is 14.1. The van der Waals surface area contributed by atoms with Crippen molar-refractivity contribution in [2.75, 3.05) is 26.5 Å². The molecule has 0 N–H and O–H groups in total. The highest BCUT2D eigenvalue weighted by molar-refractivity contribution is 7.54. The fourth-order valence-electron chi connectivity index (χ4n) is 3.49. The zero-order chi connectivity index (χ0) is 21.2. The van der Waals surface area contributed by atoms with E-state index in [0.29, 0.717) is 19.2 Å². The summed E-state index contributed by atoms with van der Waals surface area (Å²) in [5.74, 6) is -0.180. The van der Waals surface area contributed by atoms with Crippen LogP contribution in [0, 0.1) is 5.92 Å². The Bertz CT molecular complexity index is 492. The summed E-state index contributed by atoms with van der Waals surface area (Å²) < 4.78 is 27.2. The van der Waals surface area contributed by atoms with Gasteiger partial charge in [-0.15, -0.1) is 0 Å². The van der Waals surface area contributed by atoms with Gasteiger partial charge in [0.05, 0.1) is 19.4 Å². The summed E-state index contributed by atoms with van der Waals surface area (Å²) in [6.45, 7) is 2.87. The van der Waals surface area contributed by atoms with Crippen molar-refractivity contribution >= 4 is 13.6 Å². The van der Waals surface area contributed by atoms with Crippen LogP contribution in [0.5, 0.6) is 0 Å². The monoisotopic (exact) mass is 430 g/mol. The van der Waals surface area contributed by atoms with Gasteiger partial charge in [0.15, 0.2) is 0 Å². The van der Waals surface area contributed by atoms with Crippen LogP contribution in [0.1, 0.15) is 96.8 Å². The SMILES string of the molecule is CCCCCCCCC=CCCCCCCCC(=O)OCC1COP(=O)(OC)C1. The lowest BCUT2D eigenvalue weighted by Crippen LogP contribution is -2.16. The molecule has 1 aliphatic heterocycles. The molecule has 1 heterocycles. The van der Waals surface area contributed by atoms with Gasteiger partial charge in [0, 0.05) is 19.4 Å². The van der Waals surface area contributed by atoms with E-state index in [-0.39, 0.29) is 18.5 Å². The zero-order valence-electron chi connectivity index (χ0n) is 18.7. The number of unbranched alkanes of at least 4 members (excludes halogenated alkanes) is 11. The van der Waals surface area contributed by atoms with Crippen LogP contribution in [-0.2, 0) is 23.1 Å². The standard InChI is InChI=1S/C23H43O5P/c1-3-4-5-6-7-8-9-10-11-12-13-14-15-16-17-18-23(24)27-19-22-20-28-29(25,21-22)26-2/h10-11,22H,3-9,12-21H2,1-2H3. The van der Waals surface area contributed by atoms with Crippen molar-refractivity contribution in [3.8, 4) is 0 Å². The van der Waals surface area contributed by atoms with Gasteiger partial charge in [-0.25, -0.2) is 0 Å². The lowest BCUT2D eigenvalue weighted by atomic mass is 10.1. The van der Waals surface area contributed by atoms with E-state index in [1.165, 1.54) is 77.7 Å². The molecule has 0 spiro atoms.